The van der Waals surface area contributed by atoms with Crippen LogP contribution in [0.3, 0.4) is 0 Å². The molecule has 2 aliphatic heterocycles. The molecule has 0 saturated carbocycles. The molecule has 0 bridgehead atoms. The van der Waals surface area contributed by atoms with Gasteiger partial charge in [0, 0.05) is 44.8 Å². The van der Waals surface area contributed by atoms with E-state index < -0.39 is 0 Å². The third-order valence-electron chi connectivity index (χ3n) is 5.93. The minimum Gasteiger partial charge on any atom is -0.320 e. The molecular formula is C23H29N3O. The number of hydrogen-bond donors (Lipinski definition) is 0. The first kappa shape index (κ1) is 18.1. The van der Waals surface area contributed by atoms with Crippen LogP contribution < -0.4 is 0 Å². The Morgan fingerprint density at radius 1 is 0.852 bits per heavy atom. The van der Waals surface area contributed by atoms with Crippen LogP contribution in [0.1, 0.15) is 30.9 Å². The first-order valence-corrected chi connectivity index (χ1v) is 10.1. The fourth-order valence-corrected chi connectivity index (χ4v) is 4.35. The first-order chi connectivity index (χ1) is 13.2. The fraction of sp³-hybridized carbons (Fsp3) is 0.435. The Balaban J connectivity index is 1.32. The predicted molar refractivity (Wildman–Crippen MR) is 108 cm³/mol. The molecule has 0 aromatic heterocycles. The second kappa shape index (κ2) is 8.13. The predicted octanol–water partition coefficient (Wildman–Crippen LogP) is 3.98. The van der Waals surface area contributed by atoms with Gasteiger partial charge in [-0.1, -0.05) is 60.7 Å². The van der Waals surface area contributed by atoms with E-state index in [4.69, 9.17) is 0 Å². The van der Waals surface area contributed by atoms with Crippen molar-refractivity contribution in [1.82, 2.24) is 14.7 Å². The van der Waals surface area contributed by atoms with Gasteiger partial charge in [-0.15, -0.1) is 0 Å². The second-order valence-corrected chi connectivity index (χ2v) is 7.89. The molecule has 4 nitrogen and oxygen atoms in total. The molecule has 0 N–H and O–H groups in total. The van der Waals surface area contributed by atoms with Crippen LogP contribution in [0.4, 0.5) is 4.79 Å². The summed E-state index contributed by atoms with van der Waals surface area (Å²) in [6.45, 7) is 6.88. The van der Waals surface area contributed by atoms with Gasteiger partial charge in [0.15, 0.2) is 0 Å². The molecule has 1 atom stereocenters. The third kappa shape index (κ3) is 4.16. The van der Waals surface area contributed by atoms with Gasteiger partial charge in [-0.05, 0) is 30.9 Å². The van der Waals surface area contributed by atoms with E-state index in [1.54, 1.807) is 0 Å². The summed E-state index contributed by atoms with van der Waals surface area (Å²) in [4.78, 5) is 19.7. The van der Waals surface area contributed by atoms with Crippen molar-refractivity contribution >= 4 is 6.03 Å². The van der Waals surface area contributed by atoms with Crippen molar-refractivity contribution in [2.75, 3.05) is 19.6 Å². The largest absolute Gasteiger partial charge is 0.320 e. The lowest BCUT2D eigenvalue weighted by Gasteiger charge is -2.36. The number of benzene rings is 2. The van der Waals surface area contributed by atoms with Crippen molar-refractivity contribution in [2.45, 2.75) is 44.9 Å². The van der Waals surface area contributed by atoms with E-state index in [1.165, 1.54) is 11.1 Å². The van der Waals surface area contributed by atoms with Crippen LogP contribution >= 0.6 is 0 Å². The maximum Gasteiger partial charge on any atom is 0.320 e. The summed E-state index contributed by atoms with van der Waals surface area (Å²) < 4.78 is 0. The van der Waals surface area contributed by atoms with Crippen molar-refractivity contribution < 1.29 is 4.79 Å². The molecule has 2 saturated heterocycles. The van der Waals surface area contributed by atoms with Crippen molar-refractivity contribution in [2.24, 2.45) is 0 Å². The Hall–Kier alpha value is -2.33. The lowest BCUT2D eigenvalue weighted by atomic mass is 10.0. The number of rotatable bonds is 5. The molecule has 27 heavy (non-hydrogen) atoms. The Kier molecular flexibility index (Phi) is 5.44. The van der Waals surface area contributed by atoms with Crippen LogP contribution in [0.25, 0.3) is 0 Å². The number of amides is 2. The van der Waals surface area contributed by atoms with Crippen molar-refractivity contribution in [1.29, 1.82) is 0 Å². The molecular weight excluding hydrogens is 334 g/mol. The second-order valence-electron chi connectivity index (χ2n) is 7.89. The lowest BCUT2D eigenvalue weighted by Crippen LogP contribution is -2.46. The summed E-state index contributed by atoms with van der Waals surface area (Å²) in [5, 5.41) is 0. The number of piperidine rings is 1. The smallest absolute Gasteiger partial charge is 0.320 e. The number of carbonyl (C=O) groups excluding carboxylic acids is 1. The highest BCUT2D eigenvalue weighted by Gasteiger charge is 2.39. The van der Waals surface area contributed by atoms with Gasteiger partial charge in [0.05, 0.1) is 0 Å². The van der Waals surface area contributed by atoms with E-state index >= 15 is 0 Å². The van der Waals surface area contributed by atoms with Crippen LogP contribution in [0.2, 0.25) is 0 Å². The summed E-state index contributed by atoms with van der Waals surface area (Å²) >= 11 is 0. The molecule has 2 amide bonds. The zero-order valence-electron chi connectivity index (χ0n) is 16.1. The number of carbonyl (C=O) groups is 1. The summed E-state index contributed by atoms with van der Waals surface area (Å²) in [5.74, 6) is 0. The third-order valence-corrected chi connectivity index (χ3v) is 5.93. The van der Waals surface area contributed by atoms with Gasteiger partial charge in [-0.25, -0.2) is 4.79 Å². The number of urea groups is 1. The van der Waals surface area contributed by atoms with Crippen LogP contribution in [0, 0.1) is 0 Å². The molecule has 2 heterocycles. The van der Waals surface area contributed by atoms with Gasteiger partial charge in [0.25, 0.3) is 0 Å². The number of hydrogen-bond acceptors (Lipinski definition) is 2. The minimum absolute atomic E-state index is 0.216. The van der Waals surface area contributed by atoms with Crippen molar-refractivity contribution in [3.8, 4) is 0 Å². The minimum atomic E-state index is 0.216. The molecule has 142 valence electrons. The van der Waals surface area contributed by atoms with Crippen LogP contribution in [0.15, 0.2) is 60.7 Å². The van der Waals surface area contributed by atoms with Crippen LogP contribution in [-0.2, 0) is 13.1 Å². The number of nitrogens with zero attached hydrogens (tertiary/aromatic N) is 3. The molecule has 0 unspecified atom stereocenters. The molecule has 2 aromatic carbocycles. The highest BCUT2D eigenvalue weighted by molar-refractivity contribution is 5.77. The summed E-state index contributed by atoms with van der Waals surface area (Å²) in [6, 6.07) is 21.9. The summed E-state index contributed by atoms with van der Waals surface area (Å²) in [5.41, 5.74) is 2.58. The van der Waals surface area contributed by atoms with Gasteiger partial charge in [0.1, 0.15) is 0 Å². The fourth-order valence-electron chi connectivity index (χ4n) is 4.35. The molecule has 4 rings (SSSR count). The monoisotopic (exact) mass is 363 g/mol. The molecule has 4 heteroatoms. The zero-order valence-corrected chi connectivity index (χ0v) is 16.1. The molecule has 2 aromatic rings. The van der Waals surface area contributed by atoms with Gasteiger partial charge < -0.3 is 9.80 Å². The highest BCUT2D eigenvalue weighted by atomic mass is 16.2. The molecule has 0 aliphatic carbocycles. The van der Waals surface area contributed by atoms with E-state index in [9.17, 15) is 4.79 Å². The Morgan fingerprint density at radius 3 is 2.00 bits per heavy atom. The summed E-state index contributed by atoms with van der Waals surface area (Å²) in [7, 11) is 0. The molecule has 2 fully saturated rings. The maximum atomic E-state index is 13.0. The standard InChI is InChI=1S/C23H29N3O/c1-19-16-26(23(27)25(19)18-21-10-6-3-7-11-21)22-12-14-24(15-13-22)17-20-8-4-2-5-9-20/h2-11,19,22H,12-18H2,1H3/t19-/m0/s1. The Labute approximate surface area is 162 Å². The van der Waals surface area contributed by atoms with Gasteiger partial charge >= 0.3 is 6.03 Å². The average molecular weight is 364 g/mol. The normalized spacial score (nSPS) is 21.8. The zero-order chi connectivity index (χ0) is 18.6. The molecule has 0 spiro atoms. The lowest BCUT2D eigenvalue weighted by molar-refractivity contribution is 0.126. The average Bonchev–Trinajstić information content (AvgIpc) is 2.98. The van der Waals surface area contributed by atoms with E-state index in [-0.39, 0.29) is 12.1 Å². The number of likely N-dealkylation sites (tertiary alicyclic amines) is 1. The topological polar surface area (TPSA) is 26.8 Å². The van der Waals surface area contributed by atoms with E-state index in [0.29, 0.717) is 12.6 Å². The Morgan fingerprint density at radius 2 is 1.41 bits per heavy atom. The quantitative estimate of drug-likeness (QED) is 0.803. The van der Waals surface area contributed by atoms with Crippen LogP contribution in [-0.4, -0.2) is 52.4 Å². The highest BCUT2D eigenvalue weighted by Crippen LogP contribution is 2.26. The van der Waals surface area contributed by atoms with Crippen LogP contribution in [0.5, 0.6) is 0 Å². The van der Waals surface area contributed by atoms with Crippen molar-refractivity contribution in [3.63, 3.8) is 0 Å². The Bertz CT molecular complexity index is 741. The van der Waals surface area contributed by atoms with Crippen molar-refractivity contribution in [3.05, 3.63) is 71.8 Å². The molecule has 0 radical (unpaired) electrons. The van der Waals surface area contributed by atoms with E-state index in [0.717, 1.165) is 39.0 Å². The van der Waals surface area contributed by atoms with Gasteiger partial charge in [-0.3, -0.25) is 4.90 Å². The summed E-state index contributed by atoms with van der Waals surface area (Å²) in [6.07, 6.45) is 2.15. The SMILES string of the molecule is C[C@H]1CN(C2CCN(Cc3ccccc3)CC2)C(=O)N1Cc1ccccc1. The maximum absolute atomic E-state index is 13.0. The van der Waals surface area contributed by atoms with E-state index in [2.05, 4.69) is 59.2 Å². The van der Waals surface area contributed by atoms with Gasteiger partial charge in [-0.2, -0.15) is 0 Å². The molecule has 2 aliphatic rings. The van der Waals surface area contributed by atoms with E-state index in [1.807, 2.05) is 23.1 Å². The van der Waals surface area contributed by atoms with Gasteiger partial charge in [0.2, 0.25) is 0 Å². The first-order valence-electron chi connectivity index (χ1n) is 10.1.